The Morgan fingerprint density at radius 3 is 2.79 bits per heavy atom. The van der Waals surface area contributed by atoms with Crippen LogP contribution in [0.4, 0.5) is 0 Å². The second-order valence-electron chi connectivity index (χ2n) is 7.17. The van der Waals surface area contributed by atoms with Crippen LogP contribution >= 0.6 is 11.8 Å². The van der Waals surface area contributed by atoms with E-state index in [9.17, 15) is 9.59 Å². The van der Waals surface area contributed by atoms with Crippen LogP contribution in [0.25, 0.3) is 0 Å². The molecule has 0 spiro atoms. The van der Waals surface area contributed by atoms with E-state index < -0.39 is 4.75 Å². The minimum absolute atomic E-state index is 0.0359. The van der Waals surface area contributed by atoms with Gasteiger partial charge >= 0.3 is 0 Å². The second kappa shape index (κ2) is 7.17. The number of likely N-dealkylation sites (tertiary alicyclic amines) is 1. The second-order valence-corrected chi connectivity index (χ2v) is 8.82. The number of rotatable bonds is 4. The monoisotopic (exact) mass is 350 g/mol. The number of amides is 2. The number of carbonyl (C=O) groups excluding carboxylic acids is 2. The Balaban J connectivity index is 1.44. The average Bonchev–Trinajstić information content (AvgIpc) is 3.09. The van der Waals surface area contributed by atoms with Gasteiger partial charge in [-0.2, -0.15) is 5.10 Å². The maximum absolute atomic E-state index is 12.6. The highest BCUT2D eigenvalue weighted by atomic mass is 32.2. The minimum atomic E-state index is -0.434. The zero-order valence-corrected chi connectivity index (χ0v) is 15.2. The molecule has 3 heterocycles. The molecule has 1 N–H and O–H groups in total. The Labute approximate surface area is 147 Å². The molecule has 1 aromatic heterocycles. The van der Waals surface area contributed by atoms with Gasteiger partial charge in [0, 0.05) is 37.8 Å². The Morgan fingerprint density at radius 1 is 1.42 bits per heavy atom. The van der Waals surface area contributed by atoms with Crippen molar-refractivity contribution in [2.75, 3.05) is 18.8 Å². The molecule has 1 atom stereocenters. The summed E-state index contributed by atoms with van der Waals surface area (Å²) in [5.74, 6) is 1.35. The zero-order chi connectivity index (χ0) is 17.2. The minimum Gasteiger partial charge on any atom is -0.342 e. The van der Waals surface area contributed by atoms with Crippen molar-refractivity contribution in [2.24, 2.45) is 5.92 Å². The average molecular weight is 350 g/mol. The third kappa shape index (κ3) is 3.94. The summed E-state index contributed by atoms with van der Waals surface area (Å²) >= 11 is 1.57. The van der Waals surface area contributed by atoms with Gasteiger partial charge < -0.3 is 10.2 Å². The maximum atomic E-state index is 12.6. The molecule has 0 radical (unpaired) electrons. The highest BCUT2D eigenvalue weighted by Crippen LogP contribution is 2.30. The van der Waals surface area contributed by atoms with Crippen molar-refractivity contribution in [3.8, 4) is 0 Å². The SMILES string of the molecule is CC1(C)SC[C@H](C(=O)N2CCC(CCn3cccn3)CC2)NC1=O. The van der Waals surface area contributed by atoms with Crippen molar-refractivity contribution >= 4 is 23.6 Å². The van der Waals surface area contributed by atoms with Gasteiger partial charge in [-0.1, -0.05) is 0 Å². The topological polar surface area (TPSA) is 67.2 Å². The van der Waals surface area contributed by atoms with Crippen LogP contribution in [-0.2, 0) is 16.1 Å². The molecule has 2 amide bonds. The van der Waals surface area contributed by atoms with Crippen molar-refractivity contribution in [3.63, 3.8) is 0 Å². The van der Waals surface area contributed by atoms with Crippen molar-refractivity contribution in [3.05, 3.63) is 18.5 Å². The summed E-state index contributed by atoms with van der Waals surface area (Å²) < 4.78 is 1.53. The van der Waals surface area contributed by atoms with Crippen LogP contribution in [0.5, 0.6) is 0 Å². The molecule has 0 saturated carbocycles. The molecule has 0 bridgehead atoms. The van der Waals surface area contributed by atoms with Gasteiger partial charge in [0.2, 0.25) is 11.8 Å². The molecule has 0 unspecified atom stereocenters. The van der Waals surface area contributed by atoms with E-state index in [1.807, 2.05) is 35.7 Å². The van der Waals surface area contributed by atoms with E-state index in [4.69, 9.17) is 0 Å². The third-order valence-corrected chi connectivity index (χ3v) is 6.42. The van der Waals surface area contributed by atoms with Gasteiger partial charge in [0.1, 0.15) is 6.04 Å². The van der Waals surface area contributed by atoms with Crippen LogP contribution in [0.1, 0.15) is 33.1 Å². The number of aromatic nitrogens is 2. The fourth-order valence-corrected chi connectivity index (χ4v) is 4.27. The number of nitrogens with zero attached hydrogens (tertiary/aromatic N) is 3. The number of hydrogen-bond donors (Lipinski definition) is 1. The standard InChI is InChI=1S/C17H26N4O2S/c1-17(2)16(23)19-14(12-24-17)15(22)20-9-4-13(5-10-20)6-11-21-8-3-7-18-21/h3,7-8,13-14H,4-6,9-12H2,1-2H3,(H,19,23)/t14-/m1/s1. The van der Waals surface area contributed by atoms with Crippen molar-refractivity contribution in [1.29, 1.82) is 0 Å². The van der Waals surface area contributed by atoms with Gasteiger partial charge in [-0.25, -0.2) is 0 Å². The molecule has 132 valence electrons. The summed E-state index contributed by atoms with van der Waals surface area (Å²) in [6.07, 6.45) is 6.97. The normalized spacial score (nSPS) is 24.7. The van der Waals surface area contributed by atoms with Crippen LogP contribution in [0.2, 0.25) is 0 Å². The molecular weight excluding hydrogens is 324 g/mol. The molecule has 2 aliphatic rings. The van der Waals surface area contributed by atoms with E-state index in [1.54, 1.807) is 18.0 Å². The van der Waals surface area contributed by atoms with Gasteiger partial charge in [0.25, 0.3) is 0 Å². The van der Waals surface area contributed by atoms with Gasteiger partial charge in [0.15, 0.2) is 0 Å². The number of nitrogens with one attached hydrogen (secondary N) is 1. The molecule has 1 aromatic rings. The van der Waals surface area contributed by atoms with E-state index in [0.29, 0.717) is 11.7 Å². The molecule has 2 fully saturated rings. The summed E-state index contributed by atoms with van der Waals surface area (Å²) in [4.78, 5) is 26.6. The summed E-state index contributed by atoms with van der Waals surface area (Å²) in [7, 11) is 0. The van der Waals surface area contributed by atoms with Crippen LogP contribution in [0, 0.1) is 5.92 Å². The lowest BCUT2D eigenvalue weighted by Crippen LogP contribution is -2.58. The van der Waals surface area contributed by atoms with Crippen molar-refractivity contribution in [2.45, 2.75) is 50.4 Å². The maximum Gasteiger partial charge on any atom is 0.246 e. The number of carbonyl (C=O) groups is 2. The van der Waals surface area contributed by atoms with Gasteiger partial charge in [-0.3, -0.25) is 14.3 Å². The van der Waals surface area contributed by atoms with Gasteiger partial charge in [-0.05, 0) is 45.1 Å². The summed E-state index contributed by atoms with van der Waals surface area (Å²) in [5.41, 5.74) is 0. The number of hydrogen-bond acceptors (Lipinski definition) is 4. The molecule has 0 aromatic carbocycles. The Kier molecular flexibility index (Phi) is 5.18. The number of thioether (sulfide) groups is 1. The van der Waals surface area contributed by atoms with Crippen LogP contribution in [0.3, 0.4) is 0 Å². The van der Waals surface area contributed by atoms with Crippen LogP contribution in [-0.4, -0.2) is 56.1 Å². The smallest absolute Gasteiger partial charge is 0.246 e. The first-order valence-corrected chi connectivity index (χ1v) is 9.65. The molecule has 0 aliphatic carbocycles. The zero-order valence-electron chi connectivity index (χ0n) is 14.4. The molecule has 6 nitrogen and oxygen atoms in total. The Morgan fingerprint density at radius 2 is 2.17 bits per heavy atom. The molecule has 24 heavy (non-hydrogen) atoms. The van der Waals surface area contributed by atoms with Crippen molar-refractivity contribution in [1.82, 2.24) is 20.0 Å². The van der Waals surface area contributed by atoms with E-state index in [-0.39, 0.29) is 17.9 Å². The third-order valence-electron chi connectivity index (χ3n) is 5.01. The van der Waals surface area contributed by atoms with E-state index in [0.717, 1.165) is 38.9 Å². The predicted molar refractivity (Wildman–Crippen MR) is 94.6 cm³/mol. The lowest BCUT2D eigenvalue weighted by atomic mass is 9.93. The molecule has 7 heteroatoms. The Bertz CT molecular complexity index is 579. The lowest BCUT2D eigenvalue weighted by molar-refractivity contribution is -0.137. The fraction of sp³-hybridized carbons (Fsp3) is 0.706. The molecular formula is C17H26N4O2S. The first-order chi connectivity index (χ1) is 11.5. The van der Waals surface area contributed by atoms with Crippen LogP contribution in [0.15, 0.2) is 18.5 Å². The van der Waals surface area contributed by atoms with E-state index in [2.05, 4.69) is 10.4 Å². The summed E-state index contributed by atoms with van der Waals surface area (Å²) in [6.45, 7) is 6.33. The quantitative estimate of drug-likeness (QED) is 0.894. The first kappa shape index (κ1) is 17.3. The number of piperidine rings is 1. The fourth-order valence-electron chi connectivity index (χ4n) is 3.27. The molecule has 3 rings (SSSR count). The van der Waals surface area contributed by atoms with E-state index in [1.165, 1.54) is 0 Å². The van der Waals surface area contributed by atoms with Gasteiger partial charge in [0.05, 0.1) is 4.75 Å². The lowest BCUT2D eigenvalue weighted by Gasteiger charge is -2.38. The highest BCUT2D eigenvalue weighted by Gasteiger charge is 2.39. The molecule has 2 aliphatic heterocycles. The predicted octanol–water partition coefficient (Wildman–Crippen LogP) is 1.52. The summed E-state index contributed by atoms with van der Waals surface area (Å²) in [5, 5.41) is 7.13. The summed E-state index contributed by atoms with van der Waals surface area (Å²) in [6, 6.07) is 1.58. The largest absolute Gasteiger partial charge is 0.342 e. The van der Waals surface area contributed by atoms with Gasteiger partial charge in [-0.15, -0.1) is 11.8 Å². The van der Waals surface area contributed by atoms with Crippen molar-refractivity contribution < 1.29 is 9.59 Å². The van der Waals surface area contributed by atoms with E-state index >= 15 is 0 Å². The number of aryl methyl sites for hydroxylation is 1. The highest BCUT2D eigenvalue weighted by molar-refractivity contribution is 8.01. The first-order valence-electron chi connectivity index (χ1n) is 8.67. The molecule has 2 saturated heterocycles. The van der Waals surface area contributed by atoms with Crippen LogP contribution < -0.4 is 5.32 Å². The Hall–Kier alpha value is -1.50.